The third-order valence-electron chi connectivity index (χ3n) is 5.63. The molecule has 0 fully saturated rings. The summed E-state index contributed by atoms with van der Waals surface area (Å²) in [6.45, 7) is 0. The van der Waals surface area contributed by atoms with Crippen LogP contribution >= 0.6 is 46.4 Å². The van der Waals surface area contributed by atoms with Crippen molar-refractivity contribution < 1.29 is 0 Å². The van der Waals surface area contributed by atoms with E-state index >= 15 is 0 Å². The fourth-order valence-electron chi connectivity index (χ4n) is 4.04. The maximum atomic E-state index is 6.86. The Morgan fingerprint density at radius 1 is 0.406 bits per heavy atom. The molecule has 0 amide bonds. The van der Waals surface area contributed by atoms with Crippen LogP contribution in [0.2, 0.25) is 0 Å². The van der Waals surface area contributed by atoms with Crippen LogP contribution in [-0.4, -0.2) is 19.9 Å². The third kappa shape index (κ3) is 2.99. The first kappa shape index (κ1) is 19.9. The minimum atomic E-state index is 0.532. The van der Waals surface area contributed by atoms with Crippen molar-refractivity contribution >= 4 is 77.3 Å². The molecular formula is C24H14Cl4N4. The van der Waals surface area contributed by atoms with Crippen LogP contribution in [-0.2, 0) is 0 Å². The molecule has 1 aliphatic rings. The Balaban J connectivity index is 1.81. The molecule has 0 saturated carbocycles. The average Bonchev–Trinajstić information content (AvgIpc) is 3.61. The number of rotatable bonds is 0. The second-order valence-electron chi connectivity index (χ2n) is 7.53. The molecule has 1 aromatic carbocycles. The Kier molecular flexibility index (Phi) is 4.60. The highest BCUT2D eigenvalue weighted by molar-refractivity contribution is 6.51. The number of benzene rings is 1. The van der Waals surface area contributed by atoms with Crippen molar-refractivity contribution in [3.8, 4) is 0 Å². The summed E-state index contributed by atoms with van der Waals surface area (Å²) in [5.41, 5.74) is 3.01. The van der Waals surface area contributed by atoms with E-state index in [-0.39, 0.29) is 0 Å². The lowest BCUT2D eigenvalue weighted by atomic mass is 10.1. The Bertz CT molecular complexity index is 1650. The lowest BCUT2D eigenvalue weighted by Gasteiger charge is -1.98. The van der Waals surface area contributed by atoms with Crippen molar-refractivity contribution in [1.82, 2.24) is 19.9 Å². The van der Waals surface area contributed by atoms with Crippen LogP contribution in [0, 0.1) is 0 Å². The SMILES string of the molecule is ClC1=c2ccc([nH]2)=C(Cl)c2[nH]c(c3ccccc23)C(Cl)=c2ccc([nH]2)=C(Cl)c2ccc1[nH]2. The first-order valence-electron chi connectivity index (χ1n) is 9.82. The van der Waals surface area contributed by atoms with Gasteiger partial charge in [0.1, 0.15) is 0 Å². The molecule has 1 aliphatic heterocycles. The zero-order valence-electron chi connectivity index (χ0n) is 16.3. The lowest BCUT2D eigenvalue weighted by molar-refractivity contribution is 1.22. The zero-order valence-corrected chi connectivity index (χ0v) is 19.3. The van der Waals surface area contributed by atoms with E-state index in [1.165, 1.54) is 0 Å². The van der Waals surface area contributed by atoms with Gasteiger partial charge in [-0.25, -0.2) is 0 Å². The molecule has 4 N–H and O–H groups in total. The van der Waals surface area contributed by atoms with E-state index in [0.29, 0.717) is 20.1 Å². The smallest absolute Gasteiger partial charge is 0.0882 e. The molecule has 5 heterocycles. The molecule has 0 radical (unpaired) electrons. The van der Waals surface area contributed by atoms with Crippen LogP contribution in [0.3, 0.4) is 0 Å². The number of H-pyrrole nitrogens is 4. The highest BCUT2D eigenvalue weighted by Crippen LogP contribution is 2.32. The molecule has 0 saturated heterocycles. The number of aromatic nitrogens is 4. The van der Waals surface area contributed by atoms with Crippen LogP contribution < -0.4 is 21.4 Å². The first-order valence-corrected chi connectivity index (χ1v) is 11.3. The topological polar surface area (TPSA) is 63.2 Å². The van der Waals surface area contributed by atoms with E-state index in [4.69, 9.17) is 46.4 Å². The summed E-state index contributed by atoms with van der Waals surface area (Å²) in [4.78, 5) is 13.3. The molecule has 32 heavy (non-hydrogen) atoms. The molecule has 8 heteroatoms. The first-order chi connectivity index (χ1) is 15.5. The van der Waals surface area contributed by atoms with Gasteiger partial charge in [0.25, 0.3) is 0 Å². The van der Waals surface area contributed by atoms with Gasteiger partial charge in [-0.05, 0) is 36.4 Å². The third-order valence-corrected chi connectivity index (χ3v) is 7.23. The fraction of sp³-hybridized carbons (Fsp3) is 0. The summed E-state index contributed by atoms with van der Waals surface area (Å²) in [7, 11) is 0. The number of aromatic amines is 4. The molecule has 4 aromatic heterocycles. The predicted octanol–water partition coefficient (Wildman–Crippen LogP) is 4.05. The Morgan fingerprint density at radius 3 is 1.25 bits per heavy atom. The van der Waals surface area contributed by atoms with Gasteiger partial charge >= 0.3 is 0 Å². The lowest BCUT2D eigenvalue weighted by Crippen LogP contribution is -2.15. The van der Waals surface area contributed by atoms with Gasteiger partial charge in [0.15, 0.2) is 0 Å². The van der Waals surface area contributed by atoms with E-state index in [1.807, 2.05) is 60.7 Å². The Labute approximate surface area is 201 Å². The van der Waals surface area contributed by atoms with Crippen molar-refractivity contribution in [1.29, 1.82) is 0 Å². The second kappa shape index (κ2) is 7.39. The van der Waals surface area contributed by atoms with Crippen LogP contribution in [0.5, 0.6) is 0 Å². The number of hydrogen-bond acceptors (Lipinski definition) is 0. The highest BCUT2D eigenvalue weighted by atomic mass is 35.5. The zero-order chi connectivity index (χ0) is 22.0. The predicted molar refractivity (Wildman–Crippen MR) is 133 cm³/mol. The van der Waals surface area contributed by atoms with E-state index in [2.05, 4.69) is 19.9 Å². The van der Waals surface area contributed by atoms with Crippen molar-refractivity contribution in [2.24, 2.45) is 0 Å². The van der Waals surface area contributed by atoms with Crippen LogP contribution in [0.4, 0.5) is 0 Å². The summed E-state index contributed by atoms with van der Waals surface area (Å²) < 4.78 is 0. The quantitative estimate of drug-likeness (QED) is 0.248. The monoisotopic (exact) mass is 498 g/mol. The number of fused-ring (bicyclic) bond motifs is 11. The molecule has 6 rings (SSSR count). The maximum Gasteiger partial charge on any atom is 0.0882 e. The van der Waals surface area contributed by atoms with E-state index < -0.39 is 0 Å². The van der Waals surface area contributed by atoms with E-state index in [9.17, 15) is 0 Å². The molecule has 0 spiro atoms. The molecule has 0 aliphatic carbocycles. The van der Waals surface area contributed by atoms with Crippen molar-refractivity contribution in [2.45, 2.75) is 0 Å². The van der Waals surface area contributed by atoms with Gasteiger partial charge < -0.3 is 19.9 Å². The van der Waals surface area contributed by atoms with Crippen LogP contribution in [0.25, 0.3) is 30.9 Å². The standard InChI is InChI=1S/C24H14Cl4N4/c25-19-13-5-6-14(29-13)20(26)16-8-10-18(31-16)22(28)24-12-4-2-1-3-11(12)23(32-24)21(27)17-9-7-15(19)30-17/h1-10,29-32H. The van der Waals surface area contributed by atoms with Crippen molar-refractivity contribution in [2.75, 3.05) is 0 Å². The molecule has 5 aromatic rings. The Hall–Kier alpha value is -2.76. The molecule has 0 atom stereocenters. The molecule has 4 nitrogen and oxygen atoms in total. The Morgan fingerprint density at radius 2 is 0.812 bits per heavy atom. The van der Waals surface area contributed by atoms with E-state index in [1.54, 1.807) is 0 Å². The molecular weight excluding hydrogens is 486 g/mol. The molecule has 158 valence electrons. The van der Waals surface area contributed by atoms with E-state index in [0.717, 1.165) is 54.9 Å². The maximum absolute atomic E-state index is 6.86. The number of nitrogens with one attached hydrogen (secondary N) is 4. The van der Waals surface area contributed by atoms with Crippen molar-refractivity contribution in [3.05, 3.63) is 105 Å². The summed E-state index contributed by atoms with van der Waals surface area (Å²) >= 11 is 27.1. The van der Waals surface area contributed by atoms with Crippen LogP contribution in [0.15, 0.2) is 60.7 Å². The highest BCUT2D eigenvalue weighted by Gasteiger charge is 2.17. The average molecular weight is 500 g/mol. The van der Waals surface area contributed by atoms with Gasteiger partial charge in [-0.15, -0.1) is 0 Å². The summed E-state index contributed by atoms with van der Waals surface area (Å²) in [5, 5.41) is 7.01. The summed E-state index contributed by atoms with van der Waals surface area (Å²) in [5.74, 6) is 0. The molecule has 0 unspecified atom stereocenters. The second-order valence-corrected chi connectivity index (χ2v) is 9.05. The fourth-order valence-corrected chi connectivity index (χ4v) is 5.00. The minimum absolute atomic E-state index is 0.532. The normalized spacial score (nSPS) is 14.0. The summed E-state index contributed by atoms with van der Waals surface area (Å²) in [6.07, 6.45) is 0. The van der Waals surface area contributed by atoms with Crippen LogP contribution in [0.1, 0.15) is 22.8 Å². The minimum Gasteiger partial charge on any atom is -0.353 e. The largest absolute Gasteiger partial charge is 0.353 e. The summed E-state index contributed by atoms with van der Waals surface area (Å²) in [6, 6.07) is 19.3. The van der Waals surface area contributed by atoms with Gasteiger partial charge in [-0.3, -0.25) is 0 Å². The van der Waals surface area contributed by atoms with Gasteiger partial charge in [0.05, 0.1) is 64.3 Å². The molecule has 8 bridgehead atoms. The van der Waals surface area contributed by atoms with Gasteiger partial charge in [0.2, 0.25) is 0 Å². The van der Waals surface area contributed by atoms with Crippen molar-refractivity contribution in [3.63, 3.8) is 0 Å². The number of hydrogen-bond donors (Lipinski definition) is 4. The van der Waals surface area contributed by atoms with Gasteiger partial charge in [-0.2, -0.15) is 0 Å². The van der Waals surface area contributed by atoms with Gasteiger partial charge in [-0.1, -0.05) is 70.7 Å². The van der Waals surface area contributed by atoms with Gasteiger partial charge in [0, 0.05) is 10.8 Å². The number of halogens is 4.